The zero-order valence-electron chi connectivity index (χ0n) is 13.9. The Labute approximate surface area is 160 Å². The number of nitrogens with zero attached hydrogens (tertiary/aromatic N) is 2. The standard InChI is InChI=1S/C14H20N3O5.Y/c1-8-6-16-10(19)14(5,11(20)17(16)9(8)7-18)15-12(21)22-13(2,3)4;/h8-9H,6H2,1-5H3,(H,15,21);/q-1;+3. The van der Waals surface area contributed by atoms with Crippen molar-refractivity contribution in [3.63, 3.8) is 0 Å². The minimum atomic E-state index is -1.77. The molecular weight excluding hydrogens is 379 g/mol. The normalized spacial score (nSPS) is 30.0. The smallest absolute Gasteiger partial charge is 0.540 e. The van der Waals surface area contributed by atoms with Crippen molar-refractivity contribution < 1.29 is 56.6 Å². The maximum absolute atomic E-state index is 12.5. The van der Waals surface area contributed by atoms with Crippen LogP contribution in [0, 0.1) is 5.92 Å². The molecule has 2 fully saturated rings. The van der Waals surface area contributed by atoms with Crippen molar-refractivity contribution in [2.75, 3.05) is 6.54 Å². The van der Waals surface area contributed by atoms with Gasteiger partial charge in [-0.25, -0.2) is 11.1 Å². The molecule has 0 bridgehead atoms. The Morgan fingerprint density at radius 3 is 2.39 bits per heavy atom. The molecule has 2 aliphatic rings. The van der Waals surface area contributed by atoms with Crippen molar-refractivity contribution in [3.8, 4) is 0 Å². The number of rotatable bonds is 2. The molecule has 23 heavy (non-hydrogen) atoms. The summed E-state index contributed by atoms with van der Waals surface area (Å²) >= 11 is 0. The molecule has 3 atom stereocenters. The van der Waals surface area contributed by atoms with Gasteiger partial charge in [-0.2, -0.15) is 0 Å². The fourth-order valence-corrected chi connectivity index (χ4v) is 2.63. The molecule has 2 aliphatic heterocycles. The molecule has 0 aromatic heterocycles. The van der Waals surface area contributed by atoms with E-state index in [-0.39, 0.29) is 45.2 Å². The van der Waals surface area contributed by atoms with Gasteiger partial charge >= 0.3 is 38.8 Å². The quantitative estimate of drug-likeness (QED) is 0.520. The van der Waals surface area contributed by atoms with Crippen LogP contribution in [0.2, 0.25) is 0 Å². The number of amides is 3. The average molecular weight is 399 g/mol. The van der Waals surface area contributed by atoms with Crippen LogP contribution in [0.15, 0.2) is 0 Å². The molecule has 122 valence electrons. The summed E-state index contributed by atoms with van der Waals surface area (Å²) in [7, 11) is 0. The molecule has 0 radical (unpaired) electrons. The Balaban J connectivity index is 0.00000264. The Morgan fingerprint density at radius 1 is 1.35 bits per heavy atom. The zero-order valence-corrected chi connectivity index (χ0v) is 16.7. The van der Waals surface area contributed by atoms with Gasteiger partial charge in [-0.1, -0.05) is 6.92 Å². The Bertz CT molecular complexity index is 547. The number of carbonyl (C=O) groups is 3. The fourth-order valence-electron chi connectivity index (χ4n) is 2.63. The van der Waals surface area contributed by atoms with E-state index in [4.69, 9.17) is 4.74 Å². The number of hydrogen-bond donors (Lipinski definition) is 1. The average Bonchev–Trinajstić information content (AvgIpc) is 2.77. The van der Waals surface area contributed by atoms with Gasteiger partial charge in [-0.3, -0.25) is 24.9 Å². The van der Waals surface area contributed by atoms with Gasteiger partial charge in [0, 0.05) is 6.54 Å². The first-order valence-electron chi connectivity index (χ1n) is 7.05. The van der Waals surface area contributed by atoms with E-state index in [2.05, 4.69) is 5.32 Å². The monoisotopic (exact) mass is 399 g/mol. The summed E-state index contributed by atoms with van der Waals surface area (Å²) in [6, 6.07) is -0.821. The van der Waals surface area contributed by atoms with Crippen molar-refractivity contribution >= 4 is 24.2 Å². The third-order valence-electron chi connectivity index (χ3n) is 3.69. The van der Waals surface area contributed by atoms with Gasteiger partial charge in [0.25, 0.3) is 11.8 Å². The van der Waals surface area contributed by atoms with E-state index >= 15 is 0 Å². The van der Waals surface area contributed by atoms with Gasteiger partial charge in [-0.15, -0.1) is 0 Å². The minimum Gasteiger partial charge on any atom is -0.540 e. The summed E-state index contributed by atoms with van der Waals surface area (Å²) in [6.45, 7) is 8.32. The minimum absolute atomic E-state index is 0. The molecular formula is C14H20N3O5Y+2. The van der Waals surface area contributed by atoms with Gasteiger partial charge in [0.2, 0.25) is 5.54 Å². The van der Waals surface area contributed by atoms with Crippen LogP contribution in [-0.4, -0.2) is 57.9 Å². The van der Waals surface area contributed by atoms with Crippen molar-refractivity contribution in [1.29, 1.82) is 0 Å². The number of alkyl carbamates (subject to hydrolysis) is 1. The summed E-state index contributed by atoms with van der Waals surface area (Å²) in [5, 5.41) is 4.60. The van der Waals surface area contributed by atoms with Crippen molar-refractivity contribution in [2.45, 2.75) is 51.8 Å². The number of hydrazine groups is 1. The number of ether oxygens (including phenoxy) is 1. The van der Waals surface area contributed by atoms with Gasteiger partial charge in [0.05, 0.1) is 0 Å². The van der Waals surface area contributed by atoms with Crippen LogP contribution in [0.25, 0.3) is 0 Å². The molecule has 9 heteroatoms. The molecule has 8 nitrogen and oxygen atoms in total. The van der Waals surface area contributed by atoms with Crippen molar-refractivity contribution in [1.82, 2.24) is 15.3 Å². The predicted molar refractivity (Wildman–Crippen MR) is 75.0 cm³/mol. The predicted octanol–water partition coefficient (Wildman–Crippen LogP) is -0.0189. The molecule has 2 heterocycles. The van der Waals surface area contributed by atoms with E-state index in [1.165, 1.54) is 11.9 Å². The van der Waals surface area contributed by atoms with Gasteiger partial charge in [0.15, 0.2) is 0 Å². The topological polar surface area (TPSA) is 96.0 Å². The maximum atomic E-state index is 12.5. The number of fused-ring (bicyclic) bond motifs is 1. The van der Waals surface area contributed by atoms with Crippen molar-refractivity contribution in [2.24, 2.45) is 5.92 Å². The number of carbonyl (C=O) groups excluding carboxylic acids is 4. The van der Waals surface area contributed by atoms with Crippen LogP contribution in [0.4, 0.5) is 4.79 Å². The summed E-state index contributed by atoms with van der Waals surface area (Å²) in [4.78, 5) is 48.0. The Kier molecular flexibility index (Phi) is 5.64. The van der Waals surface area contributed by atoms with Crippen LogP contribution >= 0.6 is 0 Å². The second-order valence-electron chi connectivity index (χ2n) is 6.83. The van der Waals surface area contributed by atoms with E-state index < -0.39 is 35.1 Å². The fraction of sp³-hybridized carbons (Fsp3) is 0.714. The van der Waals surface area contributed by atoms with E-state index in [0.29, 0.717) is 0 Å². The van der Waals surface area contributed by atoms with Crippen LogP contribution in [0.5, 0.6) is 0 Å². The Hall–Kier alpha value is -1.02. The molecule has 0 saturated carbocycles. The van der Waals surface area contributed by atoms with Crippen LogP contribution in [0.1, 0.15) is 34.6 Å². The largest absolute Gasteiger partial charge is 3.00 e. The van der Waals surface area contributed by atoms with E-state index in [1.807, 2.05) is 0 Å². The van der Waals surface area contributed by atoms with Crippen molar-refractivity contribution in [3.05, 3.63) is 0 Å². The second-order valence-corrected chi connectivity index (χ2v) is 6.83. The van der Waals surface area contributed by atoms with E-state index in [0.717, 1.165) is 5.01 Å². The maximum Gasteiger partial charge on any atom is 3.00 e. The molecule has 3 amide bonds. The molecule has 0 aliphatic carbocycles. The summed E-state index contributed by atoms with van der Waals surface area (Å²) in [6.07, 6.45) is 0.920. The van der Waals surface area contributed by atoms with Crippen LogP contribution < -0.4 is 5.32 Å². The molecule has 0 aromatic carbocycles. The van der Waals surface area contributed by atoms with Gasteiger partial charge in [-0.05, 0) is 39.7 Å². The third-order valence-corrected chi connectivity index (χ3v) is 3.69. The SMILES string of the molecule is CC1CN2C(=O)C(C)(NC(=O)OC(C)(C)C)C(=O)N2C1[C-]=O.[Y+3]. The summed E-state index contributed by atoms with van der Waals surface area (Å²) in [5.74, 6) is -1.43. The molecule has 2 rings (SSSR count). The zero-order chi connectivity index (χ0) is 16.9. The molecule has 1 N–H and O–H groups in total. The molecule has 3 unspecified atom stereocenters. The first kappa shape index (κ1) is 20.0. The molecule has 0 spiro atoms. The van der Waals surface area contributed by atoms with Gasteiger partial charge in [0.1, 0.15) is 5.60 Å². The first-order valence-corrected chi connectivity index (χ1v) is 7.05. The summed E-state index contributed by atoms with van der Waals surface area (Å²) in [5.41, 5.74) is -2.52. The third kappa shape index (κ3) is 3.43. The second kappa shape index (κ2) is 6.47. The van der Waals surface area contributed by atoms with Crippen LogP contribution in [-0.2, 0) is 51.8 Å². The molecule has 2 saturated heterocycles. The molecule has 0 aromatic rings. The first-order chi connectivity index (χ1) is 10.0. The van der Waals surface area contributed by atoms with E-state index in [9.17, 15) is 19.2 Å². The van der Waals surface area contributed by atoms with Gasteiger partial charge < -0.3 is 9.53 Å². The van der Waals surface area contributed by atoms with E-state index in [1.54, 1.807) is 34.0 Å². The summed E-state index contributed by atoms with van der Waals surface area (Å²) < 4.78 is 5.09. The number of nitrogens with one attached hydrogen (secondary N) is 1. The Morgan fingerprint density at radius 2 is 1.91 bits per heavy atom. The number of hydrogen-bond acceptors (Lipinski definition) is 5. The van der Waals surface area contributed by atoms with Crippen LogP contribution in [0.3, 0.4) is 0 Å².